The first-order valence-corrected chi connectivity index (χ1v) is 7.38. The van der Waals surface area contributed by atoms with Crippen LogP contribution in [-0.2, 0) is 6.54 Å². The number of carbonyl (C=O) groups excluding carboxylic acids is 2. The number of urea groups is 1. The molecule has 5 nitrogen and oxygen atoms in total. The Balaban J connectivity index is 1.90. The van der Waals surface area contributed by atoms with Gasteiger partial charge in [-0.3, -0.25) is 4.79 Å². The Hall–Kier alpha value is -2.66. The van der Waals surface area contributed by atoms with E-state index in [9.17, 15) is 14.7 Å². The molecule has 120 valence electrons. The Bertz CT molecular complexity index is 694. The average molecular weight is 312 g/mol. The van der Waals surface area contributed by atoms with Crippen LogP contribution in [0.5, 0.6) is 0 Å². The van der Waals surface area contributed by atoms with E-state index in [1.807, 2.05) is 24.3 Å². The predicted octanol–water partition coefficient (Wildman–Crippen LogP) is 3.26. The first-order chi connectivity index (χ1) is 11.0. The summed E-state index contributed by atoms with van der Waals surface area (Å²) in [6.07, 6.45) is -0.506. The van der Waals surface area contributed by atoms with Gasteiger partial charge in [-0.2, -0.15) is 0 Å². The van der Waals surface area contributed by atoms with Gasteiger partial charge in [0.15, 0.2) is 5.78 Å². The van der Waals surface area contributed by atoms with Crippen molar-refractivity contribution in [3.8, 4) is 0 Å². The number of aliphatic hydroxyl groups is 1. The molecule has 5 heteroatoms. The molecule has 0 saturated carbocycles. The van der Waals surface area contributed by atoms with Gasteiger partial charge in [0.1, 0.15) is 0 Å². The molecule has 2 aromatic carbocycles. The van der Waals surface area contributed by atoms with Crippen LogP contribution in [0.1, 0.15) is 41.4 Å². The predicted molar refractivity (Wildman–Crippen MR) is 89.4 cm³/mol. The molecule has 0 saturated heterocycles. The summed E-state index contributed by atoms with van der Waals surface area (Å²) in [4.78, 5) is 23.2. The summed E-state index contributed by atoms with van der Waals surface area (Å²) in [7, 11) is 0. The van der Waals surface area contributed by atoms with E-state index in [2.05, 4.69) is 10.6 Å². The third kappa shape index (κ3) is 4.93. The Morgan fingerprint density at radius 1 is 1.13 bits per heavy atom. The van der Waals surface area contributed by atoms with Gasteiger partial charge in [-0.25, -0.2) is 4.79 Å². The molecule has 0 heterocycles. The van der Waals surface area contributed by atoms with E-state index in [0.29, 0.717) is 17.8 Å². The summed E-state index contributed by atoms with van der Waals surface area (Å²) < 4.78 is 0. The molecule has 3 N–H and O–H groups in total. The fourth-order valence-corrected chi connectivity index (χ4v) is 2.09. The number of anilines is 1. The molecule has 2 aromatic rings. The number of rotatable bonds is 5. The lowest BCUT2D eigenvalue weighted by atomic mass is 10.1. The summed E-state index contributed by atoms with van der Waals surface area (Å²) in [6, 6.07) is 13.8. The Labute approximate surface area is 135 Å². The van der Waals surface area contributed by atoms with Crippen molar-refractivity contribution in [2.45, 2.75) is 26.5 Å². The SMILES string of the molecule is CC(=O)c1cccc(NC(=O)NCc2ccc([C@H](C)O)cc2)c1. The molecule has 23 heavy (non-hydrogen) atoms. The number of nitrogens with one attached hydrogen (secondary N) is 2. The Morgan fingerprint density at radius 3 is 2.43 bits per heavy atom. The van der Waals surface area contributed by atoms with Crippen molar-refractivity contribution < 1.29 is 14.7 Å². The number of amides is 2. The maximum atomic E-state index is 11.9. The van der Waals surface area contributed by atoms with Crippen LogP contribution in [0.25, 0.3) is 0 Å². The second kappa shape index (κ2) is 7.56. The lowest BCUT2D eigenvalue weighted by molar-refractivity contribution is 0.101. The Kier molecular flexibility index (Phi) is 5.49. The van der Waals surface area contributed by atoms with Gasteiger partial charge < -0.3 is 15.7 Å². The van der Waals surface area contributed by atoms with Gasteiger partial charge in [0.05, 0.1) is 6.10 Å². The highest BCUT2D eigenvalue weighted by Gasteiger charge is 2.05. The molecular weight excluding hydrogens is 292 g/mol. The minimum atomic E-state index is -0.506. The number of hydrogen-bond acceptors (Lipinski definition) is 3. The first kappa shape index (κ1) is 16.7. The molecule has 2 rings (SSSR count). The summed E-state index contributed by atoms with van der Waals surface area (Å²) in [5.41, 5.74) is 2.89. The number of benzene rings is 2. The van der Waals surface area contributed by atoms with Crippen molar-refractivity contribution in [2.24, 2.45) is 0 Å². The normalized spacial score (nSPS) is 11.6. The molecule has 0 fully saturated rings. The Morgan fingerprint density at radius 2 is 1.83 bits per heavy atom. The third-order valence-electron chi connectivity index (χ3n) is 3.44. The minimum absolute atomic E-state index is 0.0488. The van der Waals surface area contributed by atoms with E-state index in [4.69, 9.17) is 0 Å². The molecule has 2 amide bonds. The van der Waals surface area contributed by atoms with Gasteiger partial charge in [-0.05, 0) is 37.1 Å². The zero-order valence-electron chi connectivity index (χ0n) is 13.2. The van der Waals surface area contributed by atoms with E-state index >= 15 is 0 Å². The van der Waals surface area contributed by atoms with Crippen LogP contribution in [0.4, 0.5) is 10.5 Å². The van der Waals surface area contributed by atoms with Gasteiger partial charge >= 0.3 is 6.03 Å². The standard InChI is InChI=1S/C18H20N2O3/c1-12(21)15-8-6-14(7-9-15)11-19-18(23)20-17-5-3-4-16(10-17)13(2)22/h3-10,12,21H,11H2,1-2H3,(H2,19,20,23)/t12-/m0/s1. The second-order valence-electron chi connectivity index (χ2n) is 5.36. The molecule has 0 aromatic heterocycles. The minimum Gasteiger partial charge on any atom is -0.389 e. The van der Waals surface area contributed by atoms with Gasteiger partial charge in [0, 0.05) is 17.8 Å². The van der Waals surface area contributed by atoms with E-state index < -0.39 is 6.10 Å². The zero-order chi connectivity index (χ0) is 16.8. The van der Waals surface area contributed by atoms with E-state index in [1.54, 1.807) is 31.2 Å². The smallest absolute Gasteiger partial charge is 0.319 e. The zero-order valence-corrected chi connectivity index (χ0v) is 13.2. The molecule has 0 bridgehead atoms. The highest BCUT2D eigenvalue weighted by molar-refractivity contribution is 5.96. The highest BCUT2D eigenvalue weighted by Crippen LogP contribution is 2.13. The summed E-state index contributed by atoms with van der Waals surface area (Å²) >= 11 is 0. The lowest BCUT2D eigenvalue weighted by Gasteiger charge is -2.09. The number of carbonyl (C=O) groups is 2. The molecule has 1 atom stereocenters. The summed E-state index contributed by atoms with van der Waals surface area (Å²) in [5.74, 6) is -0.0488. The van der Waals surface area contributed by atoms with Gasteiger partial charge in [-0.1, -0.05) is 36.4 Å². The largest absolute Gasteiger partial charge is 0.389 e. The molecular formula is C18H20N2O3. The highest BCUT2D eigenvalue weighted by atomic mass is 16.3. The van der Waals surface area contributed by atoms with Crippen molar-refractivity contribution in [1.82, 2.24) is 5.32 Å². The van der Waals surface area contributed by atoms with E-state index in [0.717, 1.165) is 11.1 Å². The van der Waals surface area contributed by atoms with Crippen LogP contribution in [0.15, 0.2) is 48.5 Å². The quantitative estimate of drug-likeness (QED) is 0.741. The van der Waals surface area contributed by atoms with Gasteiger partial charge in [-0.15, -0.1) is 0 Å². The number of ketones is 1. The molecule has 0 radical (unpaired) electrons. The van der Waals surface area contributed by atoms with Crippen LogP contribution in [-0.4, -0.2) is 16.9 Å². The maximum Gasteiger partial charge on any atom is 0.319 e. The number of Topliss-reactive ketones (excluding diaryl/α,β-unsaturated/α-hetero) is 1. The fraction of sp³-hybridized carbons (Fsp3) is 0.222. The van der Waals surface area contributed by atoms with E-state index in [1.165, 1.54) is 6.92 Å². The first-order valence-electron chi connectivity index (χ1n) is 7.38. The third-order valence-corrected chi connectivity index (χ3v) is 3.44. The van der Waals surface area contributed by atoms with Crippen LogP contribution in [0, 0.1) is 0 Å². The van der Waals surface area contributed by atoms with Gasteiger partial charge in [0.2, 0.25) is 0 Å². The summed E-state index contributed by atoms with van der Waals surface area (Å²) in [6.45, 7) is 3.56. The van der Waals surface area contributed by atoms with Crippen molar-refractivity contribution in [2.75, 3.05) is 5.32 Å². The summed E-state index contributed by atoms with van der Waals surface area (Å²) in [5, 5.41) is 14.9. The van der Waals surface area contributed by atoms with Crippen LogP contribution in [0.3, 0.4) is 0 Å². The fourth-order valence-electron chi connectivity index (χ4n) is 2.09. The average Bonchev–Trinajstić information content (AvgIpc) is 2.53. The van der Waals surface area contributed by atoms with Crippen molar-refractivity contribution in [1.29, 1.82) is 0 Å². The monoisotopic (exact) mass is 312 g/mol. The van der Waals surface area contributed by atoms with Gasteiger partial charge in [0.25, 0.3) is 0 Å². The van der Waals surface area contributed by atoms with Crippen LogP contribution < -0.4 is 10.6 Å². The number of hydrogen-bond donors (Lipinski definition) is 3. The van der Waals surface area contributed by atoms with Crippen molar-refractivity contribution in [3.63, 3.8) is 0 Å². The topological polar surface area (TPSA) is 78.4 Å². The lowest BCUT2D eigenvalue weighted by Crippen LogP contribution is -2.28. The molecule has 0 spiro atoms. The van der Waals surface area contributed by atoms with Crippen LogP contribution in [0.2, 0.25) is 0 Å². The van der Waals surface area contributed by atoms with E-state index in [-0.39, 0.29) is 11.8 Å². The second-order valence-corrected chi connectivity index (χ2v) is 5.36. The van der Waals surface area contributed by atoms with Crippen molar-refractivity contribution >= 4 is 17.5 Å². The molecule has 0 aliphatic rings. The molecule has 0 unspecified atom stereocenters. The van der Waals surface area contributed by atoms with Crippen LogP contribution >= 0.6 is 0 Å². The van der Waals surface area contributed by atoms with Crippen molar-refractivity contribution in [3.05, 3.63) is 65.2 Å². The number of aliphatic hydroxyl groups excluding tert-OH is 1. The molecule has 0 aliphatic carbocycles. The molecule has 0 aliphatic heterocycles. The maximum absolute atomic E-state index is 11.9.